The van der Waals surface area contributed by atoms with Gasteiger partial charge in [-0.05, 0) is 69.2 Å². The molecule has 2 fully saturated rings. The van der Waals surface area contributed by atoms with Crippen LogP contribution in [0, 0.1) is 5.92 Å². The van der Waals surface area contributed by atoms with E-state index in [1.807, 2.05) is 17.9 Å². The predicted octanol–water partition coefficient (Wildman–Crippen LogP) is 3.19. The molecule has 0 aliphatic carbocycles. The lowest BCUT2D eigenvalue weighted by Crippen LogP contribution is -2.36. The molecule has 2 heterocycles. The van der Waals surface area contributed by atoms with Crippen LogP contribution in [0.2, 0.25) is 0 Å². The van der Waals surface area contributed by atoms with E-state index in [0.717, 1.165) is 50.5 Å². The summed E-state index contributed by atoms with van der Waals surface area (Å²) in [6.45, 7) is 7.56. The van der Waals surface area contributed by atoms with Crippen LogP contribution in [0.1, 0.15) is 56.6 Å². The van der Waals surface area contributed by atoms with Crippen LogP contribution >= 0.6 is 0 Å². The van der Waals surface area contributed by atoms with E-state index in [2.05, 4.69) is 17.0 Å². The molecule has 1 aromatic carbocycles. The maximum atomic E-state index is 12.3. The second-order valence-corrected chi connectivity index (χ2v) is 7.90. The maximum absolute atomic E-state index is 12.3. The largest absolute Gasteiger partial charge is 0.494 e. The van der Waals surface area contributed by atoms with Crippen LogP contribution in [-0.2, 0) is 17.9 Å². The van der Waals surface area contributed by atoms with Crippen molar-refractivity contribution >= 4 is 5.91 Å². The number of benzene rings is 1. The Morgan fingerprint density at radius 2 is 2.04 bits per heavy atom. The second-order valence-electron chi connectivity index (χ2n) is 7.90. The fourth-order valence-electron chi connectivity index (χ4n) is 4.39. The topological polar surface area (TPSA) is 53.0 Å². The molecule has 3 rings (SSSR count). The summed E-state index contributed by atoms with van der Waals surface area (Å²) in [4.78, 5) is 16.8. The van der Waals surface area contributed by atoms with Gasteiger partial charge in [-0.25, -0.2) is 0 Å². The Kier molecular flexibility index (Phi) is 7.53. The molecule has 5 heteroatoms. The van der Waals surface area contributed by atoms with Crippen LogP contribution in [0.5, 0.6) is 5.75 Å². The van der Waals surface area contributed by atoms with Gasteiger partial charge in [-0.3, -0.25) is 9.69 Å². The number of carbonyl (C=O) groups excluding carboxylic acids is 1. The summed E-state index contributed by atoms with van der Waals surface area (Å²) >= 11 is 0. The van der Waals surface area contributed by atoms with Crippen molar-refractivity contribution in [1.82, 2.24) is 9.80 Å². The first-order chi connectivity index (χ1) is 13.2. The number of likely N-dealkylation sites (tertiary alicyclic amines) is 2. The molecule has 1 N–H and O–H groups in total. The zero-order valence-corrected chi connectivity index (χ0v) is 16.7. The SMILES string of the molecule is CCOc1ccc(CN2CCCC(CCC(=O)N3CCCC3)C2)cc1CO. The Morgan fingerprint density at radius 3 is 2.78 bits per heavy atom. The van der Waals surface area contributed by atoms with Crippen LogP contribution < -0.4 is 4.74 Å². The third-order valence-corrected chi connectivity index (χ3v) is 5.83. The molecule has 27 heavy (non-hydrogen) atoms. The van der Waals surface area contributed by atoms with Gasteiger partial charge >= 0.3 is 0 Å². The number of ether oxygens (including phenoxy) is 1. The minimum atomic E-state index is 0.00437. The van der Waals surface area contributed by atoms with Gasteiger partial charge in [-0.1, -0.05) is 6.07 Å². The number of nitrogens with zero attached hydrogens (tertiary/aromatic N) is 2. The zero-order valence-electron chi connectivity index (χ0n) is 16.7. The van der Waals surface area contributed by atoms with Crippen molar-refractivity contribution in [3.63, 3.8) is 0 Å². The van der Waals surface area contributed by atoms with E-state index in [0.29, 0.717) is 24.9 Å². The van der Waals surface area contributed by atoms with Crippen LogP contribution in [0.3, 0.4) is 0 Å². The Morgan fingerprint density at radius 1 is 1.22 bits per heavy atom. The van der Waals surface area contributed by atoms with Crippen molar-refractivity contribution in [2.45, 2.75) is 58.6 Å². The maximum Gasteiger partial charge on any atom is 0.222 e. The zero-order chi connectivity index (χ0) is 19.1. The van der Waals surface area contributed by atoms with Crippen LogP contribution in [0.15, 0.2) is 18.2 Å². The molecular weight excluding hydrogens is 340 g/mol. The number of aliphatic hydroxyl groups is 1. The summed E-state index contributed by atoms with van der Waals surface area (Å²) in [5, 5.41) is 9.60. The smallest absolute Gasteiger partial charge is 0.222 e. The molecule has 1 aromatic rings. The van der Waals surface area contributed by atoms with Gasteiger partial charge in [-0.2, -0.15) is 0 Å². The monoisotopic (exact) mass is 374 g/mol. The summed E-state index contributed by atoms with van der Waals surface area (Å²) < 4.78 is 5.58. The van der Waals surface area contributed by atoms with E-state index in [1.54, 1.807) is 0 Å². The van der Waals surface area contributed by atoms with Crippen molar-refractivity contribution in [1.29, 1.82) is 0 Å². The minimum Gasteiger partial charge on any atom is -0.494 e. The quantitative estimate of drug-likeness (QED) is 0.759. The van der Waals surface area contributed by atoms with E-state index in [1.165, 1.54) is 31.2 Å². The molecule has 0 aromatic heterocycles. The highest BCUT2D eigenvalue weighted by atomic mass is 16.5. The van der Waals surface area contributed by atoms with E-state index in [9.17, 15) is 9.90 Å². The Labute approximate surface area is 163 Å². The van der Waals surface area contributed by atoms with Gasteiger partial charge in [-0.15, -0.1) is 0 Å². The van der Waals surface area contributed by atoms with Gasteiger partial charge < -0.3 is 14.7 Å². The standard InChI is InChI=1S/C22H34N2O3/c1-2-27-21-9-7-19(14-20(21)17-25)16-23-11-5-6-18(15-23)8-10-22(26)24-12-3-4-13-24/h7,9,14,18,25H,2-6,8,10-13,15-17H2,1H3. The molecule has 1 atom stereocenters. The molecule has 150 valence electrons. The summed E-state index contributed by atoms with van der Waals surface area (Å²) in [7, 11) is 0. The minimum absolute atomic E-state index is 0.00437. The highest BCUT2D eigenvalue weighted by molar-refractivity contribution is 5.76. The van der Waals surface area contributed by atoms with E-state index < -0.39 is 0 Å². The lowest BCUT2D eigenvalue weighted by Gasteiger charge is -2.33. The molecule has 5 nitrogen and oxygen atoms in total. The summed E-state index contributed by atoms with van der Waals surface area (Å²) in [6.07, 6.45) is 6.48. The van der Waals surface area contributed by atoms with Crippen molar-refractivity contribution < 1.29 is 14.6 Å². The number of rotatable bonds is 8. The summed E-state index contributed by atoms with van der Waals surface area (Å²) in [5.74, 6) is 1.75. The van der Waals surface area contributed by atoms with Gasteiger partial charge in [0.05, 0.1) is 13.2 Å². The number of hydrogen-bond acceptors (Lipinski definition) is 4. The lowest BCUT2D eigenvalue weighted by atomic mass is 9.92. The van der Waals surface area contributed by atoms with Crippen molar-refractivity contribution in [2.75, 3.05) is 32.8 Å². The second kappa shape index (κ2) is 10.1. The lowest BCUT2D eigenvalue weighted by molar-refractivity contribution is -0.130. The first kappa shape index (κ1) is 20.2. The number of piperidine rings is 1. The van der Waals surface area contributed by atoms with Crippen LogP contribution in [-0.4, -0.2) is 53.6 Å². The normalized spacial score (nSPS) is 20.8. The fourth-order valence-corrected chi connectivity index (χ4v) is 4.39. The van der Waals surface area contributed by atoms with Crippen molar-refractivity contribution in [3.8, 4) is 5.75 Å². The first-order valence-corrected chi connectivity index (χ1v) is 10.5. The number of aliphatic hydroxyl groups excluding tert-OH is 1. The third-order valence-electron chi connectivity index (χ3n) is 5.83. The average molecular weight is 375 g/mol. The highest BCUT2D eigenvalue weighted by Gasteiger charge is 2.23. The average Bonchev–Trinajstić information content (AvgIpc) is 3.23. The molecule has 1 unspecified atom stereocenters. The number of carbonyl (C=O) groups is 1. The van der Waals surface area contributed by atoms with Crippen LogP contribution in [0.4, 0.5) is 0 Å². The Bertz CT molecular complexity index is 614. The molecule has 0 radical (unpaired) electrons. The number of hydrogen-bond donors (Lipinski definition) is 1. The Balaban J connectivity index is 1.49. The van der Waals surface area contributed by atoms with Gasteiger partial charge in [0.25, 0.3) is 0 Å². The fraction of sp³-hybridized carbons (Fsp3) is 0.682. The Hall–Kier alpha value is -1.59. The van der Waals surface area contributed by atoms with Gasteiger partial charge in [0.2, 0.25) is 5.91 Å². The van der Waals surface area contributed by atoms with Gasteiger partial charge in [0, 0.05) is 38.2 Å². The molecule has 0 saturated carbocycles. The molecule has 2 aliphatic rings. The van der Waals surface area contributed by atoms with E-state index in [-0.39, 0.29) is 6.61 Å². The molecule has 0 spiro atoms. The predicted molar refractivity (Wildman–Crippen MR) is 107 cm³/mol. The van der Waals surface area contributed by atoms with Gasteiger partial charge in [0.15, 0.2) is 0 Å². The number of amides is 1. The van der Waals surface area contributed by atoms with E-state index >= 15 is 0 Å². The summed E-state index contributed by atoms with van der Waals surface area (Å²) in [6, 6.07) is 6.14. The first-order valence-electron chi connectivity index (χ1n) is 10.5. The third kappa shape index (κ3) is 5.69. The van der Waals surface area contributed by atoms with E-state index in [4.69, 9.17) is 4.74 Å². The van der Waals surface area contributed by atoms with Crippen molar-refractivity contribution in [3.05, 3.63) is 29.3 Å². The molecule has 2 saturated heterocycles. The molecule has 1 amide bonds. The van der Waals surface area contributed by atoms with Crippen LogP contribution in [0.25, 0.3) is 0 Å². The molecule has 0 bridgehead atoms. The van der Waals surface area contributed by atoms with Crippen molar-refractivity contribution in [2.24, 2.45) is 5.92 Å². The molecule has 2 aliphatic heterocycles. The van der Waals surface area contributed by atoms with Gasteiger partial charge in [0.1, 0.15) is 5.75 Å². The summed E-state index contributed by atoms with van der Waals surface area (Å²) in [5.41, 5.74) is 2.08. The molecular formula is C22H34N2O3. The highest BCUT2D eigenvalue weighted by Crippen LogP contribution is 2.25.